The van der Waals surface area contributed by atoms with Crippen molar-refractivity contribution in [2.24, 2.45) is 0 Å². The van der Waals surface area contributed by atoms with Gasteiger partial charge in [-0.1, -0.05) is 12.1 Å². The summed E-state index contributed by atoms with van der Waals surface area (Å²) in [5, 5.41) is 0.974. The highest BCUT2D eigenvalue weighted by atomic mass is 19.3. The molecule has 1 aromatic heterocycles. The molecule has 0 saturated heterocycles. The number of fused-ring (bicyclic) bond motifs is 1. The average Bonchev–Trinajstić information content (AvgIpc) is 2.42. The molecule has 0 unspecified atom stereocenters. The predicted octanol–water partition coefficient (Wildman–Crippen LogP) is 3.41. The number of rotatable bonds is 1. The smallest absolute Gasteiger partial charge is 0.263 e. The van der Waals surface area contributed by atoms with Gasteiger partial charge in [0.05, 0.1) is 0 Å². The molecule has 1 heterocycles. The average molecular weight is 181 g/mol. The van der Waals surface area contributed by atoms with Crippen LogP contribution in [0.25, 0.3) is 10.9 Å². The molecular weight excluding hydrogens is 172 g/mol. The first-order valence-corrected chi connectivity index (χ1v) is 4.04. The third-order valence-electron chi connectivity index (χ3n) is 2.03. The Morgan fingerprint density at radius 1 is 1.23 bits per heavy atom. The van der Waals surface area contributed by atoms with Crippen LogP contribution >= 0.6 is 0 Å². The number of aromatic nitrogens is 1. The Balaban J connectivity index is 2.61. The van der Waals surface area contributed by atoms with Gasteiger partial charge in [-0.05, 0) is 24.4 Å². The van der Waals surface area contributed by atoms with Crippen molar-refractivity contribution >= 4 is 10.9 Å². The topological polar surface area (TPSA) is 15.8 Å². The zero-order valence-electron chi connectivity index (χ0n) is 7.14. The lowest BCUT2D eigenvalue weighted by atomic mass is 10.2. The van der Waals surface area contributed by atoms with Gasteiger partial charge in [0.1, 0.15) is 0 Å². The van der Waals surface area contributed by atoms with E-state index in [1.165, 1.54) is 12.1 Å². The van der Waals surface area contributed by atoms with E-state index in [-0.39, 0.29) is 5.56 Å². The quantitative estimate of drug-likeness (QED) is 0.693. The van der Waals surface area contributed by atoms with Gasteiger partial charge in [0.2, 0.25) is 0 Å². The molecule has 1 nitrogen and oxygen atoms in total. The van der Waals surface area contributed by atoms with Crippen LogP contribution in [0.3, 0.4) is 0 Å². The van der Waals surface area contributed by atoms with Crippen molar-refractivity contribution in [2.45, 2.75) is 13.3 Å². The van der Waals surface area contributed by atoms with E-state index in [1.54, 1.807) is 6.07 Å². The molecule has 13 heavy (non-hydrogen) atoms. The second kappa shape index (κ2) is 2.83. The molecule has 0 aliphatic carbocycles. The van der Waals surface area contributed by atoms with Crippen LogP contribution in [0, 0.1) is 6.92 Å². The fraction of sp³-hybridized carbons (Fsp3) is 0.200. The molecule has 1 aromatic carbocycles. The summed E-state index contributed by atoms with van der Waals surface area (Å²) in [6, 6.07) is 6.60. The van der Waals surface area contributed by atoms with Crippen LogP contribution in [0.4, 0.5) is 8.78 Å². The minimum atomic E-state index is -2.40. The SMILES string of the molecule is Cc1cc2ccc(C(F)F)cc2[nH]1. The van der Waals surface area contributed by atoms with Crippen LogP contribution < -0.4 is 0 Å². The minimum Gasteiger partial charge on any atom is -0.359 e. The Morgan fingerprint density at radius 2 is 2.00 bits per heavy atom. The number of nitrogens with one attached hydrogen (secondary N) is 1. The fourth-order valence-electron chi connectivity index (χ4n) is 1.43. The molecule has 0 bridgehead atoms. The number of halogens is 2. The van der Waals surface area contributed by atoms with E-state index >= 15 is 0 Å². The third-order valence-corrected chi connectivity index (χ3v) is 2.03. The molecule has 0 radical (unpaired) electrons. The Kier molecular flexibility index (Phi) is 1.79. The number of alkyl halides is 2. The summed E-state index contributed by atoms with van der Waals surface area (Å²) in [4.78, 5) is 3.02. The van der Waals surface area contributed by atoms with Crippen LogP contribution in [-0.2, 0) is 0 Å². The standard InChI is InChI=1S/C10H9F2N/c1-6-4-7-2-3-8(10(11)12)5-9(7)13-6/h2-5,10,13H,1H3. The third kappa shape index (κ3) is 1.41. The van der Waals surface area contributed by atoms with E-state index in [1.807, 2.05) is 13.0 Å². The van der Waals surface area contributed by atoms with Gasteiger partial charge >= 0.3 is 0 Å². The largest absolute Gasteiger partial charge is 0.359 e. The van der Waals surface area contributed by atoms with Crippen LogP contribution in [-0.4, -0.2) is 4.98 Å². The molecule has 0 aliphatic rings. The monoisotopic (exact) mass is 181 g/mol. The van der Waals surface area contributed by atoms with Crippen LogP contribution in [0.2, 0.25) is 0 Å². The summed E-state index contributed by atoms with van der Waals surface area (Å²) >= 11 is 0. The maximum Gasteiger partial charge on any atom is 0.263 e. The normalized spacial score (nSPS) is 11.4. The van der Waals surface area contributed by atoms with Gasteiger partial charge in [-0.3, -0.25) is 0 Å². The van der Waals surface area contributed by atoms with Gasteiger partial charge in [-0.2, -0.15) is 0 Å². The lowest BCUT2D eigenvalue weighted by Crippen LogP contribution is -1.82. The van der Waals surface area contributed by atoms with E-state index in [0.717, 1.165) is 16.6 Å². The summed E-state index contributed by atoms with van der Waals surface area (Å²) in [5.41, 5.74) is 1.83. The summed E-state index contributed by atoms with van der Waals surface area (Å²) in [6.07, 6.45) is -2.40. The molecular formula is C10H9F2N. The maximum atomic E-state index is 12.3. The van der Waals surface area contributed by atoms with Crippen molar-refractivity contribution in [3.8, 4) is 0 Å². The van der Waals surface area contributed by atoms with Crippen molar-refractivity contribution < 1.29 is 8.78 Å². The van der Waals surface area contributed by atoms with Gasteiger partial charge in [0.15, 0.2) is 0 Å². The fourth-order valence-corrected chi connectivity index (χ4v) is 1.43. The molecule has 0 spiro atoms. The number of hydrogen-bond acceptors (Lipinski definition) is 0. The molecule has 1 N–H and O–H groups in total. The Labute approximate surface area is 74.4 Å². The summed E-state index contributed by atoms with van der Waals surface area (Å²) in [7, 11) is 0. The summed E-state index contributed by atoms with van der Waals surface area (Å²) in [5.74, 6) is 0. The maximum absolute atomic E-state index is 12.3. The first-order valence-electron chi connectivity index (χ1n) is 4.04. The second-order valence-corrected chi connectivity index (χ2v) is 3.10. The highest BCUT2D eigenvalue weighted by Crippen LogP contribution is 2.23. The number of aromatic amines is 1. The zero-order chi connectivity index (χ0) is 9.42. The van der Waals surface area contributed by atoms with Gasteiger partial charge in [0, 0.05) is 16.8 Å². The molecule has 0 aliphatic heterocycles. The van der Waals surface area contributed by atoms with Crippen LogP contribution in [0.1, 0.15) is 17.7 Å². The first-order chi connectivity index (χ1) is 6.16. The van der Waals surface area contributed by atoms with Crippen molar-refractivity contribution in [3.63, 3.8) is 0 Å². The van der Waals surface area contributed by atoms with Gasteiger partial charge < -0.3 is 4.98 Å². The Bertz CT molecular complexity index is 431. The lowest BCUT2D eigenvalue weighted by molar-refractivity contribution is 0.151. The molecule has 2 rings (SSSR count). The van der Waals surface area contributed by atoms with Crippen LogP contribution in [0.15, 0.2) is 24.3 Å². The highest BCUT2D eigenvalue weighted by molar-refractivity contribution is 5.81. The Hall–Kier alpha value is -1.38. The summed E-state index contributed by atoms with van der Waals surface area (Å²) in [6.45, 7) is 1.90. The van der Waals surface area contributed by atoms with E-state index in [0.29, 0.717) is 0 Å². The van der Waals surface area contributed by atoms with Gasteiger partial charge in [0.25, 0.3) is 6.43 Å². The second-order valence-electron chi connectivity index (χ2n) is 3.10. The van der Waals surface area contributed by atoms with Crippen molar-refractivity contribution in [1.29, 1.82) is 0 Å². The minimum absolute atomic E-state index is 0.0642. The van der Waals surface area contributed by atoms with Gasteiger partial charge in [-0.15, -0.1) is 0 Å². The Morgan fingerprint density at radius 3 is 2.69 bits per heavy atom. The van der Waals surface area contributed by atoms with E-state index in [2.05, 4.69) is 4.98 Å². The van der Waals surface area contributed by atoms with E-state index < -0.39 is 6.43 Å². The lowest BCUT2D eigenvalue weighted by Gasteiger charge is -1.98. The highest BCUT2D eigenvalue weighted by Gasteiger charge is 2.07. The number of H-pyrrole nitrogens is 1. The number of benzene rings is 1. The zero-order valence-corrected chi connectivity index (χ0v) is 7.14. The van der Waals surface area contributed by atoms with Gasteiger partial charge in [-0.25, -0.2) is 8.78 Å². The molecule has 2 aromatic rings. The van der Waals surface area contributed by atoms with Crippen molar-refractivity contribution in [3.05, 3.63) is 35.5 Å². The van der Waals surface area contributed by atoms with Crippen LogP contribution in [0.5, 0.6) is 0 Å². The van der Waals surface area contributed by atoms with E-state index in [9.17, 15) is 8.78 Å². The summed E-state index contributed by atoms with van der Waals surface area (Å²) < 4.78 is 24.6. The number of aryl methyl sites for hydroxylation is 1. The molecule has 0 saturated carbocycles. The predicted molar refractivity (Wildman–Crippen MR) is 48.0 cm³/mol. The van der Waals surface area contributed by atoms with Crippen molar-refractivity contribution in [2.75, 3.05) is 0 Å². The molecule has 3 heteroatoms. The first kappa shape index (κ1) is 8.23. The molecule has 0 fully saturated rings. The van der Waals surface area contributed by atoms with Crippen molar-refractivity contribution in [1.82, 2.24) is 4.98 Å². The van der Waals surface area contributed by atoms with E-state index in [4.69, 9.17) is 0 Å². The molecule has 68 valence electrons. The number of hydrogen-bond donors (Lipinski definition) is 1. The molecule has 0 amide bonds. The molecule has 0 atom stereocenters.